The third-order valence-corrected chi connectivity index (χ3v) is 6.81. The van der Waals surface area contributed by atoms with Gasteiger partial charge >= 0.3 is 0 Å². The molecule has 0 saturated heterocycles. The monoisotopic (exact) mass is 550 g/mol. The second-order valence-electron chi connectivity index (χ2n) is 8.34. The highest BCUT2D eigenvalue weighted by Gasteiger charge is 2.21. The normalized spacial score (nSPS) is 11.9. The molecule has 0 saturated carbocycles. The molecule has 0 aliphatic rings. The lowest BCUT2D eigenvalue weighted by atomic mass is 10.0. The van der Waals surface area contributed by atoms with Crippen molar-refractivity contribution >= 4 is 39.3 Å². The van der Waals surface area contributed by atoms with Gasteiger partial charge in [0.05, 0.1) is 5.75 Å². The molecule has 4 aromatic rings. The van der Waals surface area contributed by atoms with E-state index >= 15 is 0 Å². The van der Waals surface area contributed by atoms with E-state index in [1.54, 1.807) is 0 Å². The van der Waals surface area contributed by atoms with Crippen molar-refractivity contribution in [3.8, 4) is 11.4 Å². The largest absolute Gasteiger partial charge is 0.483 e. The third kappa shape index (κ3) is 6.52. The number of para-hydroxylation sites is 1. The first-order valence-electron chi connectivity index (χ1n) is 11.4. The number of nitrogens with zero attached hydrogens (tertiary/aromatic N) is 3. The highest BCUT2D eigenvalue weighted by atomic mass is 79.9. The molecule has 0 radical (unpaired) electrons. The number of nitrogens with one attached hydrogen (secondary N) is 1. The van der Waals surface area contributed by atoms with Crippen LogP contribution in [-0.4, -0.2) is 26.4 Å². The Morgan fingerprint density at radius 3 is 2.31 bits per heavy atom. The molecule has 8 heteroatoms. The molecule has 4 rings (SSSR count). The van der Waals surface area contributed by atoms with Crippen molar-refractivity contribution in [1.82, 2.24) is 14.8 Å². The maximum absolute atomic E-state index is 12.5. The third-order valence-electron chi connectivity index (χ3n) is 5.36. The number of carbonyl (C=O) groups excluding carboxylic acids is 1. The Labute approximate surface area is 218 Å². The fraction of sp³-hybridized carbons (Fsp3) is 0.222. The number of carbonyl (C=O) groups is 1. The number of hydrogen-bond donors (Lipinski definition) is 1. The number of halogens is 1. The van der Waals surface area contributed by atoms with E-state index in [9.17, 15) is 4.79 Å². The summed E-state index contributed by atoms with van der Waals surface area (Å²) in [6.45, 7) is 6.28. The van der Waals surface area contributed by atoms with Crippen LogP contribution in [0.2, 0.25) is 0 Å². The lowest BCUT2D eigenvalue weighted by Gasteiger charge is -2.17. The molecule has 1 heterocycles. The van der Waals surface area contributed by atoms with Crippen LogP contribution in [0.1, 0.15) is 44.2 Å². The van der Waals surface area contributed by atoms with Crippen molar-refractivity contribution in [3.63, 3.8) is 0 Å². The van der Waals surface area contributed by atoms with Crippen LogP contribution in [0, 0.1) is 0 Å². The summed E-state index contributed by atoms with van der Waals surface area (Å²) in [5, 5.41) is 12.4. The number of ether oxygens (including phenoxy) is 1. The van der Waals surface area contributed by atoms with Gasteiger partial charge in [0.1, 0.15) is 5.75 Å². The molecule has 1 aromatic heterocycles. The molecular weight excluding hydrogens is 524 g/mol. The molecule has 35 heavy (non-hydrogen) atoms. The predicted molar refractivity (Wildman–Crippen MR) is 144 cm³/mol. The van der Waals surface area contributed by atoms with Gasteiger partial charge in [0.15, 0.2) is 17.1 Å². The average Bonchev–Trinajstić information content (AvgIpc) is 3.29. The fourth-order valence-electron chi connectivity index (χ4n) is 3.51. The van der Waals surface area contributed by atoms with E-state index < -0.39 is 0 Å². The molecule has 1 amide bonds. The van der Waals surface area contributed by atoms with Crippen LogP contribution in [0.25, 0.3) is 5.69 Å². The number of amides is 1. The van der Waals surface area contributed by atoms with Gasteiger partial charge in [-0.05, 0) is 66.9 Å². The Morgan fingerprint density at radius 1 is 0.971 bits per heavy atom. The van der Waals surface area contributed by atoms with Crippen molar-refractivity contribution in [1.29, 1.82) is 0 Å². The van der Waals surface area contributed by atoms with Crippen molar-refractivity contribution in [3.05, 3.63) is 94.7 Å². The molecule has 1 atom stereocenters. The van der Waals surface area contributed by atoms with Crippen molar-refractivity contribution < 1.29 is 9.53 Å². The molecular formula is C27H27BrN4O2S. The summed E-state index contributed by atoms with van der Waals surface area (Å²) in [6, 6.07) is 25.5. The summed E-state index contributed by atoms with van der Waals surface area (Å²) in [5.41, 5.74) is 2.92. The Kier molecular flexibility index (Phi) is 8.25. The SMILES string of the molecule is CC(C)c1ccc(OC(C)c2nnc(SCC(=O)Nc3ccc(Br)cc3)n2-c2ccccc2)cc1. The van der Waals surface area contributed by atoms with Crippen molar-refractivity contribution in [2.24, 2.45) is 0 Å². The van der Waals surface area contributed by atoms with Crippen molar-refractivity contribution in [2.45, 2.75) is 37.9 Å². The Bertz CT molecular complexity index is 1260. The number of thioether (sulfide) groups is 1. The Hall–Kier alpha value is -3.10. The van der Waals surface area contributed by atoms with Crippen LogP contribution >= 0.6 is 27.7 Å². The first kappa shape index (κ1) is 25.0. The van der Waals surface area contributed by atoms with Gasteiger partial charge in [0, 0.05) is 15.8 Å². The van der Waals surface area contributed by atoms with E-state index in [2.05, 4.69) is 57.4 Å². The van der Waals surface area contributed by atoms with Gasteiger partial charge in [-0.15, -0.1) is 10.2 Å². The van der Waals surface area contributed by atoms with E-state index in [0.29, 0.717) is 16.9 Å². The molecule has 0 aliphatic heterocycles. The number of anilines is 1. The fourth-order valence-corrected chi connectivity index (χ4v) is 4.53. The van der Waals surface area contributed by atoms with E-state index in [1.165, 1.54) is 17.3 Å². The Morgan fingerprint density at radius 2 is 1.66 bits per heavy atom. The highest BCUT2D eigenvalue weighted by molar-refractivity contribution is 9.10. The van der Waals surface area contributed by atoms with Crippen LogP contribution < -0.4 is 10.1 Å². The van der Waals surface area contributed by atoms with E-state index in [1.807, 2.05) is 78.2 Å². The van der Waals surface area contributed by atoms with E-state index in [4.69, 9.17) is 4.74 Å². The topological polar surface area (TPSA) is 69.0 Å². The molecule has 3 aromatic carbocycles. The number of aromatic nitrogens is 3. The van der Waals surface area contributed by atoms with Gasteiger partial charge in [-0.2, -0.15) is 0 Å². The smallest absolute Gasteiger partial charge is 0.234 e. The molecule has 0 fully saturated rings. The maximum atomic E-state index is 12.5. The van der Waals surface area contributed by atoms with Crippen LogP contribution in [0.4, 0.5) is 5.69 Å². The summed E-state index contributed by atoms with van der Waals surface area (Å²) in [4.78, 5) is 12.5. The minimum absolute atomic E-state index is 0.115. The van der Waals surface area contributed by atoms with E-state index in [0.717, 1.165) is 21.6 Å². The zero-order chi connectivity index (χ0) is 24.8. The van der Waals surface area contributed by atoms with Gasteiger partial charge in [-0.25, -0.2) is 0 Å². The van der Waals surface area contributed by atoms with Gasteiger partial charge in [0.25, 0.3) is 0 Å². The van der Waals surface area contributed by atoms with Gasteiger partial charge in [0.2, 0.25) is 5.91 Å². The summed E-state index contributed by atoms with van der Waals surface area (Å²) in [6.07, 6.45) is -0.349. The highest BCUT2D eigenvalue weighted by Crippen LogP contribution is 2.29. The zero-order valence-electron chi connectivity index (χ0n) is 19.8. The van der Waals surface area contributed by atoms with Gasteiger partial charge in [-0.3, -0.25) is 9.36 Å². The molecule has 180 valence electrons. The van der Waals surface area contributed by atoms with Crippen LogP contribution in [0.15, 0.2) is 88.5 Å². The van der Waals surface area contributed by atoms with Gasteiger partial charge in [-0.1, -0.05) is 71.9 Å². The minimum atomic E-state index is -0.349. The van der Waals surface area contributed by atoms with Crippen molar-refractivity contribution in [2.75, 3.05) is 11.1 Å². The van der Waals surface area contributed by atoms with Crippen LogP contribution in [-0.2, 0) is 4.79 Å². The number of benzene rings is 3. The summed E-state index contributed by atoms with van der Waals surface area (Å²) in [7, 11) is 0. The molecule has 6 nitrogen and oxygen atoms in total. The molecule has 1 N–H and O–H groups in total. The Balaban J connectivity index is 1.51. The first-order valence-corrected chi connectivity index (χ1v) is 13.1. The van der Waals surface area contributed by atoms with Gasteiger partial charge < -0.3 is 10.1 Å². The number of hydrogen-bond acceptors (Lipinski definition) is 5. The molecule has 1 unspecified atom stereocenters. The second-order valence-corrected chi connectivity index (χ2v) is 10.2. The van der Waals surface area contributed by atoms with Crippen LogP contribution in [0.3, 0.4) is 0 Å². The lowest BCUT2D eigenvalue weighted by molar-refractivity contribution is -0.113. The molecule has 0 aliphatic carbocycles. The second kappa shape index (κ2) is 11.6. The molecule has 0 bridgehead atoms. The summed E-state index contributed by atoms with van der Waals surface area (Å²) < 4.78 is 9.12. The zero-order valence-corrected chi connectivity index (χ0v) is 22.2. The number of rotatable bonds is 9. The quantitative estimate of drug-likeness (QED) is 0.226. The minimum Gasteiger partial charge on any atom is -0.483 e. The average molecular weight is 552 g/mol. The molecule has 0 spiro atoms. The summed E-state index contributed by atoms with van der Waals surface area (Å²) >= 11 is 4.74. The lowest BCUT2D eigenvalue weighted by Crippen LogP contribution is -2.15. The summed E-state index contributed by atoms with van der Waals surface area (Å²) in [5.74, 6) is 1.99. The predicted octanol–water partition coefficient (Wildman–Crippen LogP) is 7.02. The maximum Gasteiger partial charge on any atom is 0.234 e. The first-order chi connectivity index (χ1) is 16.9. The van der Waals surface area contributed by atoms with E-state index in [-0.39, 0.29) is 17.8 Å². The standard InChI is InChI=1S/C27H27BrN4O2S/c1-18(2)20-9-15-24(16-10-20)34-19(3)26-30-31-27(32(26)23-7-5-4-6-8-23)35-17-25(33)29-22-13-11-21(28)12-14-22/h4-16,18-19H,17H2,1-3H3,(H,29,33). The van der Waals surface area contributed by atoms with Crippen LogP contribution in [0.5, 0.6) is 5.75 Å².